The third-order valence-electron chi connectivity index (χ3n) is 8.17. The minimum absolute atomic E-state index is 0.0861. The van der Waals surface area contributed by atoms with Crippen LogP contribution in [0.4, 0.5) is 0 Å². The molecular weight excluding hydrogens is 651 g/mol. The lowest BCUT2D eigenvalue weighted by Crippen LogP contribution is -2.30. The van der Waals surface area contributed by atoms with E-state index in [1.54, 1.807) is 37.6 Å². The Bertz CT molecular complexity index is 1890. The molecule has 1 aliphatic heterocycles. The number of carbonyl (C=O) groups is 2. The smallest absolute Gasteiger partial charge is 0.253 e. The van der Waals surface area contributed by atoms with E-state index >= 15 is 0 Å². The van der Waals surface area contributed by atoms with E-state index in [1.165, 1.54) is 40.3 Å². The number of carbonyl (C=O) groups excluding carboxylic acids is 2. The zero-order valence-corrected chi connectivity index (χ0v) is 29.2. The number of rotatable bonds is 13. The van der Waals surface area contributed by atoms with Crippen molar-refractivity contribution in [1.29, 1.82) is 0 Å². The summed E-state index contributed by atoms with van der Waals surface area (Å²) >= 11 is 1.24. The van der Waals surface area contributed by atoms with Gasteiger partial charge in [0.25, 0.3) is 11.8 Å². The van der Waals surface area contributed by atoms with Gasteiger partial charge >= 0.3 is 0 Å². The van der Waals surface area contributed by atoms with Crippen molar-refractivity contribution < 1.29 is 22.7 Å². The minimum Gasteiger partial charge on any atom is -0.497 e. The maximum absolute atomic E-state index is 13.6. The molecule has 252 valence electrons. The molecule has 0 spiro atoms. The lowest BCUT2D eigenvalue weighted by molar-refractivity contribution is -0.130. The van der Waals surface area contributed by atoms with E-state index in [9.17, 15) is 18.0 Å². The summed E-state index contributed by atoms with van der Waals surface area (Å²) in [7, 11) is -0.226. The number of hydrogen-bond donors (Lipinski definition) is 1. The van der Waals surface area contributed by atoms with E-state index in [0.29, 0.717) is 36.1 Å². The first-order valence-corrected chi connectivity index (χ1v) is 18.0. The van der Waals surface area contributed by atoms with Gasteiger partial charge in [0.1, 0.15) is 5.75 Å². The van der Waals surface area contributed by atoms with Gasteiger partial charge in [0.05, 0.1) is 36.1 Å². The number of nitrogens with one attached hydrogen (secondary N) is 1. The maximum Gasteiger partial charge on any atom is 0.253 e. The monoisotopic (exact) mass is 689 g/mol. The van der Waals surface area contributed by atoms with Gasteiger partial charge in [-0.15, -0.1) is 10.2 Å². The summed E-state index contributed by atoms with van der Waals surface area (Å²) in [5.41, 5.74) is 4.20. The van der Waals surface area contributed by atoms with Crippen LogP contribution >= 0.6 is 11.8 Å². The van der Waals surface area contributed by atoms with E-state index < -0.39 is 10.0 Å². The summed E-state index contributed by atoms with van der Waals surface area (Å²) < 4.78 is 33.9. The molecule has 14 heteroatoms. The van der Waals surface area contributed by atoms with Crippen LogP contribution in [0.5, 0.6) is 5.75 Å². The molecule has 2 heterocycles. The van der Waals surface area contributed by atoms with Crippen molar-refractivity contribution in [3.05, 3.63) is 101 Å². The number of aromatic nitrogens is 3. The third-order valence-corrected chi connectivity index (χ3v) is 11.2. The quantitative estimate of drug-likeness (QED) is 0.202. The first kappa shape index (κ1) is 34.8. The van der Waals surface area contributed by atoms with Crippen LogP contribution in [0.3, 0.4) is 0 Å². The summed E-state index contributed by atoms with van der Waals surface area (Å²) in [6.07, 6.45) is 0.577. The first-order valence-electron chi connectivity index (χ1n) is 15.6. The molecule has 1 aromatic heterocycles. The number of hydrogen-bond acceptors (Lipinski definition) is 9. The van der Waals surface area contributed by atoms with Crippen LogP contribution in [0.25, 0.3) is 0 Å². The molecule has 0 bridgehead atoms. The lowest BCUT2D eigenvalue weighted by Gasteiger charge is -2.22. The molecule has 4 aromatic rings. The normalized spacial score (nSPS) is 14.7. The number of methoxy groups -OCH3 is 1. The van der Waals surface area contributed by atoms with E-state index in [1.807, 2.05) is 55.5 Å². The van der Waals surface area contributed by atoms with Crippen LogP contribution in [0.2, 0.25) is 0 Å². The van der Waals surface area contributed by atoms with Crippen molar-refractivity contribution in [2.24, 2.45) is 12.1 Å². The zero-order chi connectivity index (χ0) is 34.4. The van der Waals surface area contributed by atoms with Crippen molar-refractivity contribution >= 4 is 39.3 Å². The van der Waals surface area contributed by atoms with Crippen LogP contribution in [0.15, 0.2) is 87.9 Å². The maximum atomic E-state index is 13.6. The van der Waals surface area contributed by atoms with Crippen LogP contribution in [-0.4, -0.2) is 76.0 Å². The summed E-state index contributed by atoms with van der Waals surface area (Å²) in [5.74, 6) is 0.784. The number of ether oxygens (including phenoxy) is 1. The molecule has 1 aliphatic rings. The van der Waals surface area contributed by atoms with Crippen molar-refractivity contribution in [2.45, 2.75) is 49.8 Å². The van der Waals surface area contributed by atoms with Crippen molar-refractivity contribution in [2.75, 3.05) is 26.0 Å². The molecule has 12 nitrogen and oxygen atoms in total. The van der Waals surface area contributed by atoms with Crippen LogP contribution < -0.4 is 10.1 Å². The van der Waals surface area contributed by atoms with Crippen molar-refractivity contribution in [3.8, 4) is 5.75 Å². The highest BCUT2D eigenvalue weighted by Gasteiger charge is 2.33. The predicted molar refractivity (Wildman–Crippen MR) is 184 cm³/mol. The fraction of sp³-hybridized carbons (Fsp3) is 0.324. The number of hydrazone groups is 1. The molecule has 0 fully saturated rings. The van der Waals surface area contributed by atoms with Gasteiger partial charge in [-0.1, -0.05) is 55.4 Å². The van der Waals surface area contributed by atoms with Gasteiger partial charge in [-0.2, -0.15) is 9.41 Å². The Balaban J connectivity index is 1.22. The van der Waals surface area contributed by atoms with Gasteiger partial charge in [0.15, 0.2) is 11.0 Å². The first-order chi connectivity index (χ1) is 23.0. The second kappa shape index (κ2) is 15.1. The third kappa shape index (κ3) is 7.61. The largest absolute Gasteiger partial charge is 0.497 e. The fourth-order valence-corrected chi connectivity index (χ4v) is 7.56. The highest BCUT2D eigenvalue weighted by Crippen LogP contribution is 2.34. The van der Waals surface area contributed by atoms with E-state index in [4.69, 9.17) is 9.84 Å². The molecule has 0 unspecified atom stereocenters. The number of benzene rings is 3. The summed E-state index contributed by atoms with van der Waals surface area (Å²) in [6, 6.07) is 21.4. The lowest BCUT2D eigenvalue weighted by atomic mass is 9.97. The summed E-state index contributed by atoms with van der Waals surface area (Å²) in [4.78, 5) is 26.6. The molecule has 48 heavy (non-hydrogen) atoms. The van der Waals surface area contributed by atoms with Crippen molar-refractivity contribution in [1.82, 2.24) is 29.4 Å². The highest BCUT2D eigenvalue weighted by molar-refractivity contribution is 7.99. The number of aryl methyl sites for hydroxylation is 1. The van der Waals surface area contributed by atoms with E-state index in [-0.39, 0.29) is 35.0 Å². The molecule has 3 aromatic carbocycles. The Hall–Kier alpha value is -4.53. The number of amides is 2. The highest BCUT2D eigenvalue weighted by atomic mass is 32.2. The number of thioether (sulfide) groups is 1. The second-order valence-electron chi connectivity index (χ2n) is 11.2. The Morgan fingerprint density at radius 3 is 2.27 bits per heavy atom. The SMILES string of the molecule is CCN(CC)S(=O)(=O)c1ccc(C(=O)NCc2nnc(SCC(=O)N3N=C(c4ccc(OC)cc4)C[C@H]3c3ccc(C)cc3)n2C)cc1. The number of sulfonamides is 1. The molecule has 1 N–H and O–H groups in total. The van der Waals surface area contributed by atoms with Crippen LogP contribution in [0, 0.1) is 6.92 Å². The average molecular weight is 690 g/mol. The van der Waals surface area contributed by atoms with Crippen LogP contribution in [-0.2, 0) is 28.4 Å². The van der Waals surface area contributed by atoms with Gasteiger partial charge in [-0.25, -0.2) is 13.4 Å². The zero-order valence-electron chi connectivity index (χ0n) is 27.6. The standard InChI is InChI=1S/C34H39N7O5S2/c1-6-40(7-2)48(44,45)28-18-14-26(15-19-28)33(43)35-21-31-36-37-34(39(31)4)47-22-32(42)41-30(25-10-8-23(3)9-11-25)20-29(38-41)24-12-16-27(46-5)17-13-24/h8-19,30H,6-7,20-22H2,1-5H3,(H,35,43)/t30-/m0/s1. The molecular formula is C34H39N7O5S2. The second-order valence-corrected chi connectivity index (χ2v) is 14.1. The molecule has 0 radical (unpaired) electrons. The molecule has 0 aliphatic carbocycles. The van der Waals surface area contributed by atoms with E-state index in [0.717, 1.165) is 28.2 Å². The Morgan fingerprint density at radius 2 is 1.65 bits per heavy atom. The van der Waals surface area contributed by atoms with E-state index in [2.05, 4.69) is 15.5 Å². The summed E-state index contributed by atoms with van der Waals surface area (Å²) in [5, 5.41) is 18.1. The van der Waals surface area contributed by atoms with Crippen LogP contribution in [0.1, 0.15) is 59.2 Å². The molecule has 2 amide bonds. The Kier molecular flexibility index (Phi) is 11.0. The molecule has 1 atom stereocenters. The fourth-order valence-electron chi connectivity index (χ4n) is 5.32. The Morgan fingerprint density at radius 1 is 0.979 bits per heavy atom. The van der Waals surface area contributed by atoms with Gasteiger partial charge in [0.2, 0.25) is 10.0 Å². The van der Waals surface area contributed by atoms with Gasteiger partial charge in [-0.3, -0.25) is 9.59 Å². The van der Waals surface area contributed by atoms with Gasteiger partial charge < -0.3 is 14.6 Å². The molecule has 5 rings (SSSR count). The molecule has 0 saturated heterocycles. The Labute approximate surface area is 285 Å². The summed E-state index contributed by atoms with van der Waals surface area (Å²) in [6.45, 7) is 6.39. The van der Waals surface area contributed by atoms with Gasteiger partial charge in [0, 0.05) is 32.1 Å². The molecule has 0 saturated carbocycles. The van der Waals surface area contributed by atoms with Crippen molar-refractivity contribution in [3.63, 3.8) is 0 Å². The minimum atomic E-state index is -3.62. The van der Waals surface area contributed by atoms with Gasteiger partial charge in [-0.05, 0) is 66.6 Å². The topological polar surface area (TPSA) is 139 Å². The predicted octanol–water partition coefficient (Wildman–Crippen LogP) is 4.56. The number of nitrogens with zero attached hydrogens (tertiary/aromatic N) is 6. The average Bonchev–Trinajstić information content (AvgIpc) is 3.70.